The van der Waals surface area contributed by atoms with Gasteiger partial charge in [0.2, 0.25) is 0 Å². The van der Waals surface area contributed by atoms with Gasteiger partial charge in [0.05, 0.1) is 4.75 Å². The maximum absolute atomic E-state index is 13.8. The average Bonchev–Trinajstić information content (AvgIpc) is 2.87. The summed E-state index contributed by atoms with van der Waals surface area (Å²) in [5.74, 6) is -0.310. The molecule has 6 nitrogen and oxygen atoms in total. The lowest BCUT2D eigenvalue weighted by Crippen LogP contribution is -2.66. The predicted molar refractivity (Wildman–Crippen MR) is 116 cm³/mol. The van der Waals surface area contributed by atoms with Crippen LogP contribution < -0.4 is 15.6 Å². The summed E-state index contributed by atoms with van der Waals surface area (Å²) < 4.78 is 18.3. The molecule has 1 fully saturated rings. The van der Waals surface area contributed by atoms with Gasteiger partial charge >= 0.3 is 5.97 Å². The molecule has 0 bridgehead atoms. The first-order valence-electron chi connectivity index (χ1n) is 10.4. The number of hydrazine groups is 1. The molecule has 1 aliphatic heterocycles. The van der Waals surface area contributed by atoms with Crippen molar-refractivity contribution in [1.29, 1.82) is 0 Å². The fourth-order valence-electron chi connectivity index (χ4n) is 4.49. The van der Waals surface area contributed by atoms with Crippen LogP contribution in [0.5, 0.6) is 0 Å². The van der Waals surface area contributed by atoms with Crippen molar-refractivity contribution in [3.05, 3.63) is 35.4 Å². The Morgan fingerprint density at radius 1 is 1.10 bits per heavy atom. The lowest BCUT2D eigenvalue weighted by Gasteiger charge is -2.48. The minimum absolute atomic E-state index is 0.310. The van der Waals surface area contributed by atoms with Crippen molar-refractivity contribution in [1.82, 2.24) is 15.6 Å². The zero-order valence-corrected chi connectivity index (χ0v) is 19.3. The summed E-state index contributed by atoms with van der Waals surface area (Å²) in [7, 11) is -1.38. The van der Waals surface area contributed by atoms with Crippen LogP contribution in [0, 0.1) is 5.41 Å². The Morgan fingerprint density at radius 2 is 1.72 bits per heavy atom. The molecule has 0 aromatic heterocycles. The van der Waals surface area contributed by atoms with Gasteiger partial charge in [0.1, 0.15) is 16.6 Å². The topological polar surface area (TPSA) is 79.5 Å². The Morgan fingerprint density at radius 3 is 2.31 bits per heavy atom. The van der Waals surface area contributed by atoms with Crippen molar-refractivity contribution in [2.45, 2.75) is 76.7 Å². The Labute approximate surface area is 177 Å². The largest absolute Gasteiger partial charge is 0.458 e. The Hall–Kier alpha value is -1.28. The van der Waals surface area contributed by atoms with Crippen LogP contribution >= 0.6 is 0 Å². The van der Waals surface area contributed by atoms with Gasteiger partial charge in [0.25, 0.3) is 0 Å². The number of rotatable bonds is 4. The Balaban J connectivity index is 2.12. The van der Waals surface area contributed by atoms with E-state index in [2.05, 4.69) is 21.6 Å². The molecule has 3 N–H and O–H groups in total. The third-order valence-corrected chi connectivity index (χ3v) is 7.30. The van der Waals surface area contributed by atoms with Crippen LogP contribution in [0.2, 0.25) is 0 Å². The van der Waals surface area contributed by atoms with Gasteiger partial charge in [-0.15, -0.1) is 0 Å². The molecule has 0 radical (unpaired) electrons. The van der Waals surface area contributed by atoms with Crippen LogP contribution in [0.4, 0.5) is 0 Å². The molecule has 1 saturated heterocycles. The van der Waals surface area contributed by atoms with Crippen LogP contribution in [0.3, 0.4) is 0 Å². The van der Waals surface area contributed by atoms with E-state index in [1.165, 1.54) is 0 Å². The fourth-order valence-corrected chi connectivity index (χ4v) is 5.04. The molecule has 2 atom stereocenters. The number of carbonyl (C=O) groups excluding carboxylic acids is 1. The van der Waals surface area contributed by atoms with Crippen LogP contribution in [-0.2, 0) is 32.5 Å². The van der Waals surface area contributed by atoms with Gasteiger partial charge in [0.15, 0.2) is 5.54 Å². The summed E-state index contributed by atoms with van der Waals surface area (Å²) in [6, 6.07) is 8.07. The summed E-state index contributed by atoms with van der Waals surface area (Å²) in [5, 5.41) is 3.42. The lowest BCUT2D eigenvalue weighted by atomic mass is 9.64. The average molecular weight is 422 g/mol. The minimum atomic E-state index is -1.38. The number of esters is 1. The second-order valence-corrected chi connectivity index (χ2v) is 12.2. The molecule has 0 amide bonds. The van der Waals surface area contributed by atoms with Crippen molar-refractivity contribution in [2.24, 2.45) is 5.41 Å². The molecular formula is C22H35N3O3S. The number of benzene rings is 1. The molecule has 1 heterocycles. The fraction of sp³-hybridized carbons (Fsp3) is 0.682. The number of ether oxygens (including phenoxy) is 1. The smallest absolute Gasteiger partial charge is 0.333 e. The van der Waals surface area contributed by atoms with E-state index in [0.29, 0.717) is 0 Å². The molecule has 1 spiro atoms. The van der Waals surface area contributed by atoms with Crippen LogP contribution in [0.1, 0.15) is 65.5 Å². The van der Waals surface area contributed by atoms with E-state index in [-0.39, 0.29) is 11.4 Å². The second-order valence-electron chi connectivity index (χ2n) is 10.2. The first-order chi connectivity index (χ1) is 13.4. The normalized spacial score (nSPS) is 24.9. The molecule has 162 valence electrons. The first-order valence-corrected chi connectivity index (χ1v) is 11.5. The van der Waals surface area contributed by atoms with E-state index in [9.17, 15) is 9.00 Å². The van der Waals surface area contributed by atoms with E-state index < -0.39 is 26.9 Å². The van der Waals surface area contributed by atoms with Crippen LogP contribution in [0.25, 0.3) is 0 Å². The highest BCUT2D eigenvalue weighted by molar-refractivity contribution is 7.84. The van der Waals surface area contributed by atoms with Gasteiger partial charge in [-0.2, -0.15) is 4.83 Å². The molecule has 29 heavy (non-hydrogen) atoms. The van der Waals surface area contributed by atoms with E-state index in [4.69, 9.17) is 4.74 Å². The third kappa shape index (κ3) is 4.15. The van der Waals surface area contributed by atoms with Crippen molar-refractivity contribution >= 4 is 17.0 Å². The number of piperidine rings is 1. The molecule has 0 unspecified atom stereocenters. The van der Waals surface area contributed by atoms with E-state index >= 15 is 0 Å². The van der Waals surface area contributed by atoms with Gasteiger partial charge < -0.3 is 10.1 Å². The molecule has 2 aliphatic rings. The molecule has 1 aromatic carbocycles. The Kier molecular flexibility index (Phi) is 6.00. The van der Waals surface area contributed by atoms with Crippen molar-refractivity contribution < 1.29 is 13.7 Å². The highest BCUT2D eigenvalue weighted by Gasteiger charge is 2.63. The van der Waals surface area contributed by atoms with Crippen LogP contribution in [0.15, 0.2) is 24.3 Å². The first kappa shape index (κ1) is 22.4. The minimum Gasteiger partial charge on any atom is -0.458 e. The Bertz CT molecular complexity index is 791. The van der Waals surface area contributed by atoms with Gasteiger partial charge in [-0.3, -0.25) is 0 Å². The monoisotopic (exact) mass is 421 g/mol. The lowest BCUT2D eigenvalue weighted by molar-refractivity contribution is -0.172. The summed E-state index contributed by atoms with van der Waals surface area (Å²) >= 11 is 0. The van der Waals surface area contributed by atoms with Crippen LogP contribution in [-0.4, -0.2) is 33.6 Å². The molecule has 7 heteroatoms. The van der Waals surface area contributed by atoms with E-state index in [0.717, 1.165) is 43.5 Å². The van der Waals surface area contributed by atoms with Gasteiger partial charge in [-0.05, 0) is 85.0 Å². The quantitative estimate of drug-likeness (QED) is 0.515. The maximum atomic E-state index is 13.8. The summed E-state index contributed by atoms with van der Waals surface area (Å²) in [4.78, 5) is 16.8. The molecular weight excluding hydrogens is 386 g/mol. The van der Waals surface area contributed by atoms with E-state index in [1.807, 2.05) is 59.7 Å². The zero-order valence-electron chi connectivity index (χ0n) is 18.5. The highest BCUT2D eigenvalue weighted by Crippen LogP contribution is 2.55. The van der Waals surface area contributed by atoms with Crippen molar-refractivity contribution in [2.75, 3.05) is 13.1 Å². The predicted octanol–water partition coefficient (Wildman–Crippen LogP) is 2.71. The zero-order chi connectivity index (χ0) is 21.5. The van der Waals surface area contributed by atoms with Gasteiger partial charge in [0, 0.05) is 5.41 Å². The highest BCUT2D eigenvalue weighted by atomic mass is 32.2. The number of carbonyl (C=O) groups is 1. The second kappa shape index (κ2) is 7.76. The van der Waals surface area contributed by atoms with Gasteiger partial charge in [-0.25, -0.2) is 14.4 Å². The molecule has 1 aliphatic carbocycles. The third-order valence-electron chi connectivity index (χ3n) is 5.90. The number of nitrogens with one attached hydrogen (secondary N) is 3. The molecule has 1 aromatic rings. The summed E-state index contributed by atoms with van der Waals surface area (Å²) in [5.41, 5.74) is 3.29. The van der Waals surface area contributed by atoms with E-state index in [1.54, 1.807) is 0 Å². The summed E-state index contributed by atoms with van der Waals surface area (Å²) in [6.07, 6.45) is 2.45. The van der Waals surface area contributed by atoms with Crippen molar-refractivity contribution in [3.63, 3.8) is 0 Å². The summed E-state index contributed by atoms with van der Waals surface area (Å²) in [6.45, 7) is 13.0. The van der Waals surface area contributed by atoms with Crippen molar-refractivity contribution in [3.8, 4) is 0 Å². The SMILES string of the molecule is CC(C)(C)OC(=O)[C@@]1(NN[S@](=O)C(C)(C)C)c2ccccc2CC12CCNCC2. The standard InChI is InChI=1S/C22H35N3O3S/c1-19(2,3)28-18(26)22(24-25-29(27)20(4,5)6)17-10-8-7-9-16(17)15-21(22)11-13-23-14-12-21/h7-10,23-25H,11-15H2,1-6H3/t22-,29+/m0/s1. The number of hydrogen-bond acceptors (Lipinski definition) is 5. The number of fused-ring (bicyclic) bond motifs is 1. The van der Waals surface area contributed by atoms with Gasteiger partial charge in [-0.1, -0.05) is 24.3 Å². The number of hydrogen-bond donors (Lipinski definition) is 3. The maximum Gasteiger partial charge on any atom is 0.333 e. The molecule has 3 rings (SSSR count). The molecule has 0 saturated carbocycles.